The van der Waals surface area contributed by atoms with E-state index in [1.165, 1.54) is 16.9 Å². The van der Waals surface area contributed by atoms with Crippen molar-refractivity contribution in [2.45, 2.75) is 31.4 Å². The second-order valence-electron chi connectivity index (χ2n) is 6.79. The Bertz CT molecular complexity index is 1140. The molecule has 3 aromatic rings. The number of aliphatic hydroxyl groups is 1. The fourth-order valence-corrected chi connectivity index (χ4v) is 3.42. The minimum Gasteiger partial charge on any atom is -0.480 e. The molecule has 1 saturated carbocycles. The first kappa shape index (κ1) is 15.5. The van der Waals surface area contributed by atoms with Crippen LogP contribution in [0.3, 0.4) is 0 Å². The Morgan fingerprint density at radius 2 is 2.34 bits per heavy atom. The first-order valence-electron chi connectivity index (χ1n) is 10.7. The van der Waals surface area contributed by atoms with Crippen molar-refractivity contribution in [2.75, 3.05) is 24.7 Å². The SMILES string of the molecule is [2H]C([2H])([2H])Oc1ncccc1Nc1cc(NC)n2ncc(C(=O)N[C@H]3CC[C@H](O)C3)c2n1. The molecule has 3 heterocycles. The number of nitrogens with zero attached hydrogens (tertiary/aromatic N) is 4. The van der Waals surface area contributed by atoms with E-state index in [-0.39, 0.29) is 23.4 Å². The summed E-state index contributed by atoms with van der Waals surface area (Å²) in [5, 5.41) is 22.9. The summed E-state index contributed by atoms with van der Waals surface area (Å²) >= 11 is 0. The van der Waals surface area contributed by atoms with Gasteiger partial charge in [-0.25, -0.2) is 9.97 Å². The lowest BCUT2D eigenvalue weighted by Gasteiger charge is -2.13. The maximum Gasteiger partial charge on any atom is 0.256 e. The highest BCUT2D eigenvalue weighted by molar-refractivity contribution is 6.00. The molecule has 152 valence electrons. The second-order valence-corrected chi connectivity index (χ2v) is 6.79. The van der Waals surface area contributed by atoms with Gasteiger partial charge < -0.3 is 25.8 Å². The molecular formula is C19H23N7O3. The average Bonchev–Trinajstić information content (AvgIpc) is 3.33. The number of fused-ring (bicyclic) bond motifs is 1. The molecule has 29 heavy (non-hydrogen) atoms. The van der Waals surface area contributed by atoms with Crippen LogP contribution in [0.15, 0.2) is 30.6 Å². The molecular weight excluding hydrogens is 374 g/mol. The van der Waals surface area contributed by atoms with Crippen molar-refractivity contribution in [2.24, 2.45) is 0 Å². The van der Waals surface area contributed by atoms with E-state index in [1.807, 2.05) is 0 Å². The summed E-state index contributed by atoms with van der Waals surface area (Å²) in [6, 6.07) is 4.78. The van der Waals surface area contributed by atoms with Crippen molar-refractivity contribution >= 4 is 28.9 Å². The quantitative estimate of drug-likeness (QED) is 0.491. The van der Waals surface area contributed by atoms with Crippen LogP contribution >= 0.6 is 0 Å². The van der Waals surface area contributed by atoms with E-state index in [0.717, 1.165) is 0 Å². The fraction of sp³-hybridized carbons (Fsp3) is 0.368. The number of carbonyl (C=O) groups excluding carboxylic acids is 1. The maximum atomic E-state index is 12.8. The number of nitrogens with one attached hydrogen (secondary N) is 3. The van der Waals surface area contributed by atoms with Gasteiger partial charge in [0, 0.05) is 25.4 Å². The third-order valence-corrected chi connectivity index (χ3v) is 4.84. The first-order valence-corrected chi connectivity index (χ1v) is 9.20. The summed E-state index contributed by atoms with van der Waals surface area (Å²) in [4.78, 5) is 21.3. The zero-order chi connectivity index (χ0) is 22.9. The molecule has 0 unspecified atom stereocenters. The summed E-state index contributed by atoms with van der Waals surface area (Å²) in [5.74, 6) is 0.441. The Morgan fingerprint density at radius 3 is 3.10 bits per heavy atom. The number of anilines is 3. The minimum absolute atomic E-state index is 0.104. The molecule has 4 rings (SSSR count). The van der Waals surface area contributed by atoms with Gasteiger partial charge in [-0.3, -0.25) is 4.79 Å². The molecule has 0 saturated heterocycles. The van der Waals surface area contributed by atoms with E-state index in [0.29, 0.717) is 42.2 Å². The highest BCUT2D eigenvalue weighted by Gasteiger charge is 2.26. The third kappa shape index (κ3) is 3.79. The first-order chi connectivity index (χ1) is 15.2. The Kier molecular flexibility index (Phi) is 4.24. The van der Waals surface area contributed by atoms with Crippen molar-refractivity contribution in [3.05, 3.63) is 36.2 Å². The summed E-state index contributed by atoms with van der Waals surface area (Å²) in [6.07, 6.45) is 4.32. The molecule has 1 aliphatic rings. The normalized spacial score (nSPS) is 20.6. The number of carbonyl (C=O) groups is 1. The van der Waals surface area contributed by atoms with Gasteiger partial charge in [-0.1, -0.05) is 0 Å². The Hall–Kier alpha value is -3.40. The molecule has 1 aliphatic carbocycles. The van der Waals surface area contributed by atoms with Crippen LogP contribution in [0.5, 0.6) is 5.88 Å². The molecule has 0 bridgehead atoms. The lowest BCUT2D eigenvalue weighted by Crippen LogP contribution is -2.33. The van der Waals surface area contributed by atoms with Crippen molar-refractivity contribution < 1.29 is 18.8 Å². The summed E-state index contributed by atoms with van der Waals surface area (Å²) in [7, 11) is -0.962. The molecule has 0 radical (unpaired) electrons. The number of pyridine rings is 1. The molecule has 4 N–H and O–H groups in total. The average molecular weight is 400 g/mol. The lowest BCUT2D eigenvalue weighted by atomic mass is 10.2. The molecule has 1 amide bonds. The predicted octanol–water partition coefficient (Wildman–Crippen LogP) is 1.56. The molecule has 0 spiro atoms. The van der Waals surface area contributed by atoms with Crippen molar-refractivity contribution in [1.29, 1.82) is 0 Å². The van der Waals surface area contributed by atoms with Crippen molar-refractivity contribution in [3.63, 3.8) is 0 Å². The van der Waals surface area contributed by atoms with Crippen LogP contribution in [-0.4, -0.2) is 56.8 Å². The van der Waals surface area contributed by atoms with Crippen LogP contribution < -0.4 is 20.7 Å². The number of hydrogen-bond acceptors (Lipinski definition) is 8. The van der Waals surface area contributed by atoms with Gasteiger partial charge in [-0.15, -0.1) is 0 Å². The van der Waals surface area contributed by atoms with Crippen LogP contribution in [-0.2, 0) is 0 Å². The molecule has 10 nitrogen and oxygen atoms in total. The third-order valence-electron chi connectivity index (χ3n) is 4.84. The van der Waals surface area contributed by atoms with Gasteiger partial charge in [0.25, 0.3) is 5.91 Å². The van der Waals surface area contributed by atoms with Gasteiger partial charge in [0.15, 0.2) is 5.65 Å². The van der Waals surface area contributed by atoms with Gasteiger partial charge in [0.2, 0.25) is 5.88 Å². The summed E-state index contributed by atoms with van der Waals surface area (Å²) in [5.41, 5.74) is 0.877. The molecule has 1 fully saturated rings. The summed E-state index contributed by atoms with van der Waals surface area (Å²) < 4.78 is 28.4. The zero-order valence-corrected chi connectivity index (χ0v) is 15.7. The van der Waals surface area contributed by atoms with E-state index in [1.54, 1.807) is 25.2 Å². The van der Waals surface area contributed by atoms with Crippen molar-refractivity contribution in [1.82, 2.24) is 24.9 Å². The number of aromatic nitrogens is 4. The predicted molar refractivity (Wildman–Crippen MR) is 108 cm³/mol. The fourth-order valence-electron chi connectivity index (χ4n) is 3.42. The largest absolute Gasteiger partial charge is 0.480 e. The van der Waals surface area contributed by atoms with Crippen LogP contribution in [0.1, 0.15) is 33.7 Å². The molecule has 2 atom stereocenters. The number of amides is 1. The highest BCUT2D eigenvalue weighted by atomic mass is 16.5. The van der Waals surface area contributed by atoms with E-state index in [2.05, 4.69) is 31.0 Å². The Morgan fingerprint density at radius 1 is 1.45 bits per heavy atom. The Labute approximate surface area is 171 Å². The van der Waals surface area contributed by atoms with E-state index < -0.39 is 13.1 Å². The molecule has 10 heteroatoms. The van der Waals surface area contributed by atoms with Gasteiger partial charge in [-0.2, -0.15) is 9.61 Å². The number of methoxy groups -OCH3 is 1. The number of hydrogen-bond donors (Lipinski definition) is 4. The number of aliphatic hydroxyl groups excluding tert-OH is 1. The zero-order valence-electron chi connectivity index (χ0n) is 18.7. The van der Waals surface area contributed by atoms with Crippen LogP contribution in [0, 0.1) is 0 Å². The molecule has 3 aromatic heterocycles. The van der Waals surface area contributed by atoms with E-state index in [4.69, 9.17) is 8.85 Å². The van der Waals surface area contributed by atoms with E-state index in [9.17, 15) is 9.90 Å². The second kappa shape index (κ2) is 7.92. The molecule has 0 aliphatic heterocycles. The maximum absolute atomic E-state index is 12.8. The van der Waals surface area contributed by atoms with Gasteiger partial charge in [0.05, 0.1) is 23.5 Å². The smallest absolute Gasteiger partial charge is 0.256 e. The van der Waals surface area contributed by atoms with Gasteiger partial charge in [0.1, 0.15) is 22.9 Å². The Balaban J connectivity index is 1.65. The number of ether oxygens (including phenoxy) is 1. The summed E-state index contributed by atoms with van der Waals surface area (Å²) in [6.45, 7) is 0. The van der Waals surface area contributed by atoms with Crippen molar-refractivity contribution in [3.8, 4) is 5.88 Å². The lowest BCUT2D eigenvalue weighted by molar-refractivity contribution is 0.0935. The highest BCUT2D eigenvalue weighted by Crippen LogP contribution is 2.26. The van der Waals surface area contributed by atoms with Gasteiger partial charge >= 0.3 is 0 Å². The van der Waals surface area contributed by atoms with Crippen LogP contribution in [0.2, 0.25) is 0 Å². The van der Waals surface area contributed by atoms with E-state index >= 15 is 0 Å². The van der Waals surface area contributed by atoms with Crippen LogP contribution in [0.4, 0.5) is 17.3 Å². The van der Waals surface area contributed by atoms with Gasteiger partial charge in [-0.05, 0) is 31.4 Å². The molecule has 0 aromatic carbocycles. The van der Waals surface area contributed by atoms with Crippen LogP contribution in [0.25, 0.3) is 5.65 Å². The standard InChI is InChI=1S/C19H23N7O3/c1-20-16-9-15(24-14-4-3-7-21-19(14)29-2)25-17-13(10-22-26(16)17)18(28)23-11-5-6-12(27)8-11/h3-4,7,9-12,20,27H,5-6,8H2,1-2H3,(H,23,28)(H,24,25)/t11-,12-/m0/s1/i2D3. The minimum atomic E-state index is -2.66. The number of rotatable bonds is 6. The topological polar surface area (TPSA) is 126 Å². The monoisotopic (exact) mass is 400 g/mol.